The molecule has 3 rings (SSSR count). The van der Waals surface area contributed by atoms with Gasteiger partial charge in [0, 0.05) is 29.9 Å². The number of aryl methyl sites for hydroxylation is 3. The number of nitrogens with zero attached hydrogens (tertiary/aromatic N) is 3. The number of nitrogens with one attached hydrogen (secondary N) is 2. The van der Waals surface area contributed by atoms with Crippen molar-refractivity contribution in [1.29, 1.82) is 0 Å². The minimum atomic E-state index is -0.749. The zero-order chi connectivity index (χ0) is 21.0. The fraction of sp³-hybridized carbons (Fsp3) is 0.211. The van der Waals surface area contributed by atoms with Gasteiger partial charge in [0.1, 0.15) is 5.01 Å². The number of thiazole rings is 1. The Kier molecular flexibility index (Phi) is 6.03. The standard InChI is InChI=1S/C19H19N5O4S/c1-11-4-5-14(6-12(11)2)21-19(27)23-16(25)9-28-18(26)15-10-29-17(22-15)13-7-20-24(3)8-13/h4-8,10H,9H2,1-3H3,(H2,21,23,25,27). The molecular formula is C19H19N5O4S. The first-order valence-corrected chi connectivity index (χ1v) is 9.49. The molecule has 0 aliphatic carbocycles. The molecule has 10 heteroatoms. The summed E-state index contributed by atoms with van der Waals surface area (Å²) >= 11 is 1.26. The maximum Gasteiger partial charge on any atom is 0.358 e. The van der Waals surface area contributed by atoms with Crippen molar-refractivity contribution in [3.05, 3.63) is 52.8 Å². The summed E-state index contributed by atoms with van der Waals surface area (Å²) in [5, 5.41) is 10.9. The molecule has 0 radical (unpaired) electrons. The van der Waals surface area contributed by atoms with Crippen molar-refractivity contribution in [3.63, 3.8) is 0 Å². The van der Waals surface area contributed by atoms with E-state index in [0.717, 1.165) is 16.7 Å². The third-order valence-electron chi connectivity index (χ3n) is 4.02. The van der Waals surface area contributed by atoms with Crippen molar-refractivity contribution < 1.29 is 19.1 Å². The van der Waals surface area contributed by atoms with Crippen LogP contribution in [-0.2, 0) is 16.6 Å². The van der Waals surface area contributed by atoms with Crippen LogP contribution < -0.4 is 10.6 Å². The average Bonchev–Trinajstić information content (AvgIpc) is 3.31. The summed E-state index contributed by atoms with van der Waals surface area (Å²) in [6.45, 7) is 3.28. The van der Waals surface area contributed by atoms with Gasteiger partial charge in [-0.1, -0.05) is 6.07 Å². The number of esters is 1. The Morgan fingerprint density at radius 3 is 2.69 bits per heavy atom. The molecule has 0 saturated heterocycles. The third kappa shape index (κ3) is 5.26. The normalized spacial score (nSPS) is 10.4. The predicted molar refractivity (Wildman–Crippen MR) is 108 cm³/mol. The van der Waals surface area contributed by atoms with Gasteiger partial charge in [-0.05, 0) is 37.1 Å². The Labute approximate surface area is 170 Å². The smallest absolute Gasteiger partial charge is 0.358 e. The van der Waals surface area contributed by atoms with E-state index in [0.29, 0.717) is 10.7 Å². The zero-order valence-corrected chi connectivity index (χ0v) is 16.9. The van der Waals surface area contributed by atoms with Gasteiger partial charge in [0.05, 0.1) is 6.20 Å². The van der Waals surface area contributed by atoms with Crippen molar-refractivity contribution >= 4 is 34.9 Å². The summed E-state index contributed by atoms with van der Waals surface area (Å²) in [5.41, 5.74) is 3.52. The van der Waals surface area contributed by atoms with Crippen molar-refractivity contribution in [2.24, 2.45) is 7.05 Å². The number of urea groups is 1. The van der Waals surface area contributed by atoms with Gasteiger partial charge in [0.15, 0.2) is 12.3 Å². The number of hydrogen-bond donors (Lipinski definition) is 2. The Morgan fingerprint density at radius 2 is 2.00 bits per heavy atom. The lowest BCUT2D eigenvalue weighted by atomic mass is 10.1. The molecule has 0 aliphatic rings. The van der Waals surface area contributed by atoms with Gasteiger partial charge in [-0.25, -0.2) is 14.6 Å². The monoisotopic (exact) mass is 413 g/mol. The van der Waals surface area contributed by atoms with E-state index >= 15 is 0 Å². The molecule has 2 aromatic heterocycles. The first kappa shape index (κ1) is 20.2. The number of imide groups is 1. The molecule has 2 N–H and O–H groups in total. The summed E-state index contributed by atoms with van der Waals surface area (Å²) in [6.07, 6.45) is 3.41. The Morgan fingerprint density at radius 1 is 1.21 bits per heavy atom. The molecule has 0 atom stereocenters. The van der Waals surface area contributed by atoms with E-state index in [1.54, 1.807) is 36.3 Å². The molecule has 0 bridgehead atoms. The number of hydrogen-bond acceptors (Lipinski definition) is 7. The number of anilines is 1. The molecule has 150 valence electrons. The van der Waals surface area contributed by atoms with E-state index in [1.165, 1.54) is 16.7 Å². The van der Waals surface area contributed by atoms with Gasteiger partial charge in [-0.2, -0.15) is 5.10 Å². The lowest BCUT2D eigenvalue weighted by molar-refractivity contribution is -0.123. The summed E-state index contributed by atoms with van der Waals surface area (Å²) < 4.78 is 6.55. The lowest BCUT2D eigenvalue weighted by Gasteiger charge is -2.08. The molecule has 0 fully saturated rings. The number of carbonyl (C=O) groups excluding carboxylic acids is 3. The van der Waals surface area contributed by atoms with Crippen LogP contribution in [0.15, 0.2) is 36.0 Å². The fourth-order valence-electron chi connectivity index (χ4n) is 2.38. The molecule has 29 heavy (non-hydrogen) atoms. The molecule has 0 unspecified atom stereocenters. The largest absolute Gasteiger partial charge is 0.451 e. The van der Waals surface area contributed by atoms with Gasteiger partial charge in [0.2, 0.25) is 0 Å². The van der Waals surface area contributed by atoms with Gasteiger partial charge in [0.25, 0.3) is 5.91 Å². The number of benzene rings is 1. The van der Waals surface area contributed by atoms with Crippen LogP contribution in [0, 0.1) is 13.8 Å². The molecule has 2 heterocycles. The first-order valence-electron chi connectivity index (χ1n) is 8.61. The Hall–Kier alpha value is -3.53. The van der Waals surface area contributed by atoms with E-state index < -0.39 is 24.5 Å². The highest BCUT2D eigenvalue weighted by Crippen LogP contribution is 2.23. The van der Waals surface area contributed by atoms with Crippen LogP contribution in [0.3, 0.4) is 0 Å². The molecule has 0 spiro atoms. The van der Waals surface area contributed by atoms with Gasteiger partial charge in [-0.15, -0.1) is 11.3 Å². The van der Waals surface area contributed by atoms with Crippen LogP contribution in [0.1, 0.15) is 21.6 Å². The number of amides is 3. The molecule has 3 aromatic rings. The minimum Gasteiger partial charge on any atom is -0.451 e. The highest BCUT2D eigenvalue weighted by molar-refractivity contribution is 7.13. The van der Waals surface area contributed by atoms with Crippen LogP contribution in [0.5, 0.6) is 0 Å². The molecule has 0 saturated carbocycles. The highest BCUT2D eigenvalue weighted by Gasteiger charge is 2.16. The van der Waals surface area contributed by atoms with Crippen LogP contribution in [0.25, 0.3) is 10.6 Å². The Bertz CT molecular complexity index is 1070. The van der Waals surface area contributed by atoms with E-state index in [2.05, 4.69) is 20.7 Å². The second-order valence-corrected chi connectivity index (χ2v) is 7.18. The number of rotatable bonds is 5. The molecule has 9 nitrogen and oxygen atoms in total. The average molecular weight is 413 g/mol. The van der Waals surface area contributed by atoms with Crippen molar-refractivity contribution in [1.82, 2.24) is 20.1 Å². The van der Waals surface area contributed by atoms with Gasteiger partial charge < -0.3 is 10.1 Å². The maximum atomic E-state index is 12.1. The zero-order valence-electron chi connectivity index (χ0n) is 16.1. The van der Waals surface area contributed by atoms with E-state index in [4.69, 9.17) is 4.74 Å². The molecule has 3 amide bonds. The topological polar surface area (TPSA) is 115 Å². The van der Waals surface area contributed by atoms with Gasteiger partial charge in [-0.3, -0.25) is 14.8 Å². The second kappa shape index (κ2) is 8.65. The number of ether oxygens (including phenoxy) is 1. The molecule has 0 aliphatic heterocycles. The minimum absolute atomic E-state index is 0.0845. The van der Waals surface area contributed by atoms with Gasteiger partial charge >= 0.3 is 12.0 Å². The fourth-order valence-corrected chi connectivity index (χ4v) is 3.15. The van der Waals surface area contributed by atoms with E-state index in [1.807, 2.05) is 19.9 Å². The maximum absolute atomic E-state index is 12.1. The van der Waals surface area contributed by atoms with Crippen LogP contribution in [-0.4, -0.2) is 39.3 Å². The van der Waals surface area contributed by atoms with Crippen molar-refractivity contribution in [2.45, 2.75) is 13.8 Å². The van der Waals surface area contributed by atoms with Crippen LogP contribution in [0.4, 0.5) is 10.5 Å². The number of carbonyl (C=O) groups is 3. The third-order valence-corrected chi connectivity index (χ3v) is 4.91. The summed E-state index contributed by atoms with van der Waals surface area (Å²) in [4.78, 5) is 40.0. The summed E-state index contributed by atoms with van der Waals surface area (Å²) in [5.74, 6) is -1.50. The summed E-state index contributed by atoms with van der Waals surface area (Å²) in [6, 6.07) is 4.68. The van der Waals surface area contributed by atoms with E-state index in [-0.39, 0.29) is 5.69 Å². The predicted octanol–water partition coefficient (Wildman–Crippen LogP) is 2.67. The summed E-state index contributed by atoms with van der Waals surface area (Å²) in [7, 11) is 1.78. The lowest BCUT2D eigenvalue weighted by Crippen LogP contribution is -2.37. The molecular weight excluding hydrogens is 394 g/mol. The van der Waals surface area contributed by atoms with Crippen LogP contribution >= 0.6 is 11.3 Å². The van der Waals surface area contributed by atoms with Crippen molar-refractivity contribution in [3.8, 4) is 10.6 Å². The Balaban J connectivity index is 1.48. The molecule has 1 aromatic carbocycles. The first-order chi connectivity index (χ1) is 13.8. The second-order valence-electron chi connectivity index (χ2n) is 6.32. The number of aromatic nitrogens is 3. The quantitative estimate of drug-likeness (QED) is 0.622. The highest BCUT2D eigenvalue weighted by atomic mass is 32.1. The van der Waals surface area contributed by atoms with Crippen LogP contribution in [0.2, 0.25) is 0 Å². The van der Waals surface area contributed by atoms with E-state index in [9.17, 15) is 14.4 Å². The van der Waals surface area contributed by atoms with Crippen molar-refractivity contribution in [2.75, 3.05) is 11.9 Å². The SMILES string of the molecule is Cc1ccc(NC(=O)NC(=O)COC(=O)c2csc(-c3cnn(C)c3)n2)cc1C.